The van der Waals surface area contributed by atoms with Gasteiger partial charge in [0.05, 0.1) is 17.0 Å². The zero-order valence-corrected chi connectivity index (χ0v) is 21.6. The molecule has 0 radical (unpaired) electrons. The Morgan fingerprint density at radius 3 is 2.35 bits per heavy atom. The highest BCUT2D eigenvalue weighted by Gasteiger charge is 2.30. The van der Waals surface area contributed by atoms with Crippen molar-refractivity contribution in [2.45, 2.75) is 40.3 Å². The predicted octanol–water partition coefficient (Wildman–Crippen LogP) is 3.74. The molecule has 0 unspecified atom stereocenters. The van der Waals surface area contributed by atoms with E-state index in [9.17, 15) is 22.4 Å². The number of amides is 2. The van der Waals surface area contributed by atoms with Crippen LogP contribution in [0.1, 0.15) is 31.9 Å². The van der Waals surface area contributed by atoms with Gasteiger partial charge in [-0.05, 0) is 43.5 Å². The molecule has 0 bridgehead atoms. The number of nitrogens with zero attached hydrogens (tertiary/aromatic N) is 2. The minimum Gasteiger partial charge on any atom is -0.354 e. The van der Waals surface area contributed by atoms with Crippen LogP contribution in [0.4, 0.5) is 10.1 Å². The normalized spacial score (nSPS) is 12.4. The van der Waals surface area contributed by atoms with Crippen molar-refractivity contribution >= 4 is 39.1 Å². The van der Waals surface area contributed by atoms with Crippen LogP contribution in [-0.2, 0) is 26.2 Å². The third-order valence-electron chi connectivity index (χ3n) is 5.16. The van der Waals surface area contributed by atoms with E-state index in [1.165, 1.54) is 11.0 Å². The van der Waals surface area contributed by atoms with Crippen molar-refractivity contribution in [1.29, 1.82) is 0 Å². The molecule has 0 saturated heterocycles. The molecular formula is C24H31ClFN3O4S. The van der Waals surface area contributed by atoms with Crippen LogP contribution >= 0.6 is 11.6 Å². The summed E-state index contributed by atoms with van der Waals surface area (Å²) in [5, 5.41) is 2.55. The zero-order valence-electron chi connectivity index (χ0n) is 20.0. The summed E-state index contributed by atoms with van der Waals surface area (Å²) in [7, 11) is -3.92. The fraction of sp³-hybridized carbons (Fsp3) is 0.417. The minimum atomic E-state index is -3.92. The highest BCUT2D eigenvalue weighted by atomic mass is 35.5. The van der Waals surface area contributed by atoms with E-state index in [4.69, 9.17) is 11.6 Å². The third kappa shape index (κ3) is 7.70. The number of sulfonamides is 1. The molecule has 0 aliphatic rings. The van der Waals surface area contributed by atoms with Crippen LogP contribution in [0.2, 0.25) is 5.02 Å². The lowest BCUT2D eigenvalue weighted by atomic mass is 10.1. The van der Waals surface area contributed by atoms with Gasteiger partial charge in [0.25, 0.3) is 0 Å². The number of benzene rings is 2. The molecule has 0 aliphatic carbocycles. The second-order valence-corrected chi connectivity index (χ2v) is 11.0. The fourth-order valence-corrected chi connectivity index (χ4v) is 4.31. The van der Waals surface area contributed by atoms with E-state index >= 15 is 0 Å². The molecule has 0 spiro atoms. The second kappa shape index (κ2) is 11.7. The van der Waals surface area contributed by atoms with Crippen molar-refractivity contribution in [1.82, 2.24) is 10.2 Å². The number of carbonyl (C=O) groups excluding carboxylic acids is 2. The van der Waals surface area contributed by atoms with Gasteiger partial charge in [-0.3, -0.25) is 13.9 Å². The maximum atomic E-state index is 13.6. The Balaban J connectivity index is 2.39. The standard InChI is InChI=1S/C24H31ClFN3O4S/c1-16(2)13-27-24(31)18(4)28(14-19-8-6-7-17(3)11-19)23(30)15-29(34(5,32)33)20-9-10-22(26)21(25)12-20/h6-12,16,18H,13-15H2,1-5H3,(H,27,31)/t18-/m1/s1. The van der Waals surface area contributed by atoms with Crippen molar-refractivity contribution in [2.75, 3.05) is 23.7 Å². The highest BCUT2D eigenvalue weighted by molar-refractivity contribution is 7.92. The van der Waals surface area contributed by atoms with Gasteiger partial charge >= 0.3 is 0 Å². The van der Waals surface area contributed by atoms with Crippen LogP contribution in [0, 0.1) is 18.7 Å². The molecule has 0 saturated carbocycles. The molecule has 186 valence electrons. The summed E-state index contributed by atoms with van der Waals surface area (Å²) < 4.78 is 39.5. The van der Waals surface area contributed by atoms with Crippen LogP contribution in [0.3, 0.4) is 0 Å². The number of carbonyl (C=O) groups is 2. The van der Waals surface area contributed by atoms with Gasteiger partial charge in [0.15, 0.2) is 0 Å². The molecule has 0 aromatic heterocycles. The molecule has 0 heterocycles. The first-order chi connectivity index (χ1) is 15.8. The quantitative estimate of drug-likeness (QED) is 0.526. The number of nitrogens with one attached hydrogen (secondary N) is 1. The molecule has 1 N–H and O–H groups in total. The zero-order chi connectivity index (χ0) is 25.6. The molecule has 2 amide bonds. The second-order valence-electron chi connectivity index (χ2n) is 8.69. The van der Waals surface area contributed by atoms with E-state index < -0.39 is 34.3 Å². The van der Waals surface area contributed by atoms with E-state index in [0.717, 1.165) is 33.8 Å². The molecule has 2 aromatic rings. The fourth-order valence-electron chi connectivity index (χ4n) is 3.30. The number of hydrogen-bond acceptors (Lipinski definition) is 4. The Hall–Kier alpha value is -2.65. The Bertz CT molecular complexity index is 1140. The lowest BCUT2D eigenvalue weighted by Crippen LogP contribution is -2.51. The van der Waals surface area contributed by atoms with Crippen molar-refractivity contribution in [2.24, 2.45) is 5.92 Å². The van der Waals surface area contributed by atoms with E-state index in [2.05, 4.69) is 5.32 Å². The molecule has 10 heteroatoms. The van der Waals surface area contributed by atoms with Crippen LogP contribution in [0.5, 0.6) is 0 Å². The van der Waals surface area contributed by atoms with E-state index in [1.54, 1.807) is 6.92 Å². The van der Waals surface area contributed by atoms with Gasteiger partial charge in [-0.25, -0.2) is 12.8 Å². The number of anilines is 1. The summed E-state index contributed by atoms with van der Waals surface area (Å²) in [5.74, 6) is -1.41. The van der Waals surface area contributed by atoms with Gasteiger partial charge in [-0.1, -0.05) is 55.3 Å². The van der Waals surface area contributed by atoms with Crippen LogP contribution in [0.25, 0.3) is 0 Å². The van der Waals surface area contributed by atoms with Crippen molar-refractivity contribution < 1.29 is 22.4 Å². The maximum Gasteiger partial charge on any atom is 0.244 e. The molecule has 0 aliphatic heterocycles. The minimum absolute atomic E-state index is 0.0506. The van der Waals surface area contributed by atoms with Crippen molar-refractivity contribution in [3.8, 4) is 0 Å². The number of hydrogen-bond donors (Lipinski definition) is 1. The van der Waals surface area contributed by atoms with Crippen LogP contribution in [0.15, 0.2) is 42.5 Å². The van der Waals surface area contributed by atoms with Crippen molar-refractivity contribution in [3.05, 3.63) is 64.4 Å². The Morgan fingerprint density at radius 1 is 1.12 bits per heavy atom. The van der Waals surface area contributed by atoms with Gasteiger partial charge in [0.2, 0.25) is 21.8 Å². The Kier molecular flexibility index (Phi) is 9.46. The SMILES string of the molecule is Cc1cccc(CN(C(=O)CN(c2ccc(F)c(Cl)c2)S(C)(=O)=O)[C@H](C)C(=O)NCC(C)C)c1. The summed E-state index contributed by atoms with van der Waals surface area (Å²) in [6.45, 7) is 7.41. The molecular weight excluding hydrogens is 481 g/mol. The van der Waals surface area contributed by atoms with E-state index in [0.29, 0.717) is 6.54 Å². The van der Waals surface area contributed by atoms with Gasteiger partial charge in [0, 0.05) is 13.1 Å². The lowest BCUT2D eigenvalue weighted by Gasteiger charge is -2.31. The summed E-state index contributed by atoms with van der Waals surface area (Å²) in [6.07, 6.45) is 0.946. The summed E-state index contributed by atoms with van der Waals surface area (Å²) in [4.78, 5) is 27.6. The monoisotopic (exact) mass is 511 g/mol. The smallest absolute Gasteiger partial charge is 0.244 e. The molecule has 2 rings (SSSR count). The van der Waals surface area contributed by atoms with E-state index in [-0.39, 0.29) is 29.1 Å². The molecule has 34 heavy (non-hydrogen) atoms. The van der Waals surface area contributed by atoms with Gasteiger partial charge < -0.3 is 10.2 Å². The van der Waals surface area contributed by atoms with Crippen LogP contribution < -0.4 is 9.62 Å². The summed E-state index contributed by atoms with van der Waals surface area (Å²) in [6, 6.07) is 10.1. The number of rotatable bonds is 10. The third-order valence-corrected chi connectivity index (χ3v) is 6.59. The first kappa shape index (κ1) is 27.6. The lowest BCUT2D eigenvalue weighted by molar-refractivity contribution is -0.139. The average molecular weight is 512 g/mol. The first-order valence-electron chi connectivity index (χ1n) is 10.8. The topological polar surface area (TPSA) is 86.8 Å². The maximum absolute atomic E-state index is 13.6. The van der Waals surface area contributed by atoms with Crippen molar-refractivity contribution in [3.63, 3.8) is 0 Å². The molecule has 7 nitrogen and oxygen atoms in total. The average Bonchev–Trinajstić information content (AvgIpc) is 2.74. The Morgan fingerprint density at radius 2 is 1.79 bits per heavy atom. The van der Waals surface area contributed by atoms with Crippen LogP contribution in [-0.4, -0.2) is 50.5 Å². The Labute approximate surface area is 205 Å². The number of halogens is 2. The molecule has 2 aromatic carbocycles. The summed E-state index contributed by atoms with van der Waals surface area (Å²) >= 11 is 5.84. The summed E-state index contributed by atoms with van der Waals surface area (Å²) in [5.41, 5.74) is 1.84. The first-order valence-corrected chi connectivity index (χ1v) is 13.1. The molecule has 1 atom stereocenters. The number of aryl methyl sites for hydroxylation is 1. The highest BCUT2D eigenvalue weighted by Crippen LogP contribution is 2.25. The van der Waals surface area contributed by atoms with Gasteiger partial charge in [-0.15, -0.1) is 0 Å². The largest absolute Gasteiger partial charge is 0.354 e. The van der Waals surface area contributed by atoms with Gasteiger partial charge in [0.1, 0.15) is 18.4 Å². The molecule has 0 fully saturated rings. The predicted molar refractivity (Wildman–Crippen MR) is 133 cm³/mol. The van der Waals surface area contributed by atoms with E-state index in [1.807, 2.05) is 45.0 Å². The van der Waals surface area contributed by atoms with Gasteiger partial charge in [-0.2, -0.15) is 0 Å².